The summed E-state index contributed by atoms with van der Waals surface area (Å²) >= 11 is 0. The Bertz CT molecular complexity index is 1460. The first kappa shape index (κ1) is 24.6. The van der Waals surface area contributed by atoms with E-state index in [9.17, 15) is 5.11 Å². The van der Waals surface area contributed by atoms with Crippen LogP contribution >= 0.6 is 0 Å². The molecule has 5 heteroatoms. The highest BCUT2D eigenvalue weighted by Crippen LogP contribution is 2.42. The lowest BCUT2D eigenvalue weighted by molar-refractivity contribution is -0.401. The van der Waals surface area contributed by atoms with Crippen LogP contribution in [0.2, 0.25) is 0 Å². The number of hydrogen-bond acceptors (Lipinski definition) is 4. The highest BCUT2D eigenvalue weighted by Gasteiger charge is 2.44. The highest BCUT2D eigenvalue weighted by molar-refractivity contribution is 6.04. The minimum absolute atomic E-state index is 0.274. The molecule has 5 nitrogen and oxygen atoms in total. The summed E-state index contributed by atoms with van der Waals surface area (Å²) in [4.78, 5) is 2.10. The SMILES string of the molecule is CN(C)c1ccc(C=CC2=CC(=CC3=[N+](C)c4ccc(OCO)cc4C3(C)C)Oc3ccccc32)cc1. The molecule has 0 fully saturated rings. The van der Waals surface area contributed by atoms with E-state index in [2.05, 4.69) is 85.0 Å². The number of para-hydroxylation sites is 1. The minimum atomic E-state index is -0.343. The standard InChI is InChI=1S/C32H33N2O3/c1-32(2)28-19-25(36-21-35)16-17-29(28)34(5)31(32)20-26-18-23(27-8-6-7-9-30(27)37-26)13-10-22-11-14-24(15-12-22)33(3)4/h6-20,35H,21H2,1-5H3/q+1. The Morgan fingerprint density at radius 1 is 1.00 bits per heavy atom. The van der Waals surface area contributed by atoms with Crippen molar-refractivity contribution in [3.63, 3.8) is 0 Å². The van der Waals surface area contributed by atoms with Crippen molar-refractivity contribution in [2.75, 3.05) is 32.8 Å². The Morgan fingerprint density at radius 3 is 2.49 bits per heavy atom. The predicted molar refractivity (Wildman–Crippen MR) is 151 cm³/mol. The van der Waals surface area contributed by atoms with Gasteiger partial charge in [-0.05, 0) is 61.4 Å². The van der Waals surface area contributed by atoms with Crippen LogP contribution in [0.5, 0.6) is 11.5 Å². The van der Waals surface area contributed by atoms with Gasteiger partial charge in [0.1, 0.15) is 24.3 Å². The van der Waals surface area contributed by atoms with Gasteiger partial charge in [-0.3, -0.25) is 0 Å². The molecule has 2 aliphatic rings. The third-order valence-corrected chi connectivity index (χ3v) is 7.10. The van der Waals surface area contributed by atoms with Gasteiger partial charge in [-0.2, -0.15) is 4.58 Å². The molecular weight excluding hydrogens is 460 g/mol. The number of allylic oxidation sites excluding steroid dienone is 4. The zero-order valence-corrected chi connectivity index (χ0v) is 22.0. The van der Waals surface area contributed by atoms with Crippen molar-refractivity contribution in [1.82, 2.24) is 0 Å². The molecule has 3 aromatic carbocycles. The molecule has 0 atom stereocenters. The largest absolute Gasteiger partial charge is 0.468 e. The molecule has 0 bridgehead atoms. The van der Waals surface area contributed by atoms with Crippen LogP contribution in [0.25, 0.3) is 11.6 Å². The summed E-state index contributed by atoms with van der Waals surface area (Å²) in [6.07, 6.45) is 8.53. The van der Waals surface area contributed by atoms with E-state index in [1.165, 1.54) is 5.69 Å². The fourth-order valence-corrected chi connectivity index (χ4v) is 5.03. The van der Waals surface area contributed by atoms with Crippen LogP contribution in [-0.2, 0) is 5.41 Å². The Labute approximate surface area is 218 Å². The van der Waals surface area contributed by atoms with E-state index >= 15 is 0 Å². The van der Waals surface area contributed by atoms with E-state index in [1.54, 1.807) is 0 Å². The lowest BCUT2D eigenvalue weighted by Gasteiger charge is -2.20. The summed E-state index contributed by atoms with van der Waals surface area (Å²) in [5.74, 6) is 2.29. The van der Waals surface area contributed by atoms with Crippen LogP contribution in [0.15, 0.2) is 90.7 Å². The summed E-state index contributed by atoms with van der Waals surface area (Å²) in [7, 11) is 6.17. The summed E-state index contributed by atoms with van der Waals surface area (Å²) < 4.78 is 13.9. The van der Waals surface area contributed by atoms with Gasteiger partial charge < -0.3 is 19.5 Å². The van der Waals surface area contributed by atoms with Gasteiger partial charge in [-0.1, -0.05) is 42.5 Å². The second-order valence-electron chi connectivity index (χ2n) is 10.1. The zero-order valence-electron chi connectivity index (χ0n) is 22.0. The third kappa shape index (κ3) is 4.70. The van der Waals surface area contributed by atoms with E-state index in [0.29, 0.717) is 5.75 Å². The van der Waals surface area contributed by atoms with Crippen LogP contribution in [0.1, 0.15) is 30.5 Å². The molecule has 188 valence electrons. The molecular formula is C32H33N2O3+. The molecule has 0 radical (unpaired) electrons. The van der Waals surface area contributed by atoms with Gasteiger partial charge in [0.2, 0.25) is 5.69 Å². The number of nitrogens with zero attached hydrogens (tertiary/aromatic N) is 2. The van der Waals surface area contributed by atoms with Crippen molar-refractivity contribution in [2.24, 2.45) is 0 Å². The quantitative estimate of drug-likeness (QED) is 0.330. The number of hydrogen-bond donors (Lipinski definition) is 1. The number of anilines is 1. The fourth-order valence-electron chi connectivity index (χ4n) is 5.03. The number of rotatable bonds is 6. The van der Waals surface area contributed by atoms with Gasteiger partial charge >= 0.3 is 0 Å². The van der Waals surface area contributed by atoms with Crippen molar-refractivity contribution >= 4 is 28.7 Å². The molecule has 0 amide bonds. The highest BCUT2D eigenvalue weighted by atomic mass is 16.6. The molecule has 0 aliphatic carbocycles. The normalized spacial score (nSPS) is 16.9. The van der Waals surface area contributed by atoms with Crippen LogP contribution in [0.4, 0.5) is 11.4 Å². The fraction of sp³-hybridized carbons (Fsp3) is 0.219. The Kier molecular flexibility index (Phi) is 6.48. The van der Waals surface area contributed by atoms with E-state index in [1.807, 2.05) is 50.5 Å². The molecule has 0 aromatic heterocycles. The first-order valence-corrected chi connectivity index (χ1v) is 12.4. The van der Waals surface area contributed by atoms with Crippen molar-refractivity contribution < 1.29 is 19.2 Å². The van der Waals surface area contributed by atoms with Crippen molar-refractivity contribution in [1.29, 1.82) is 0 Å². The summed E-state index contributed by atoms with van der Waals surface area (Å²) in [6, 6.07) is 22.6. The predicted octanol–water partition coefficient (Wildman–Crippen LogP) is 6.16. The van der Waals surface area contributed by atoms with Crippen LogP contribution in [0, 0.1) is 0 Å². The monoisotopic (exact) mass is 493 g/mol. The molecule has 37 heavy (non-hydrogen) atoms. The van der Waals surface area contributed by atoms with E-state index in [0.717, 1.165) is 45.2 Å². The van der Waals surface area contributed by atoms with Crippen LogP contribution in [-0.4, -0.2) is 43.3 Å². The number of aliphatic hydroxyl groups is 1. The van der Waals surface area contributed by atoms with Crippen LogP contribution < -0.4 is 14.4 Å². The van der Waals surface area contributed by atoms with Crippen LogP contribution in [0.3, 0.4) is 0 Å². The van der Waals surface area contributed by atoms with Gasteiger partial charge in [-0.25, -0.2) is 0 Å². The molecule has 0 unspecified atom stereocenters. The molecule has 0 saturated heterocycles. The van der Waals surface area contributed by atoms with Gasteiger partial charge in [0.05, 0.1) is 5.41 Å². The summed E-state index contributed by atoms with van der Waals surface area (Å²) in [6.45, 7) is 4.05. The van der Waals surface area contributed by atoms with Crippen molar-refractivity contribution in [2.45, 2.75) is 19.3 Å². The minimum Gasteiger partial charge on any atom is -0.468 e. The lowest BCUT2D eigenvalue weighted by Crippen LogP contribution is -2.27. The van der Waals surface area contributed by atoms with Gasteiger partial charge in [0.15, 0.2) is 12.5 Å². The van der Waals surface area contributed by atoms with E-state index < -0.39 is 0 Å². The molecule has 0 spiro atoms. The first-order chi connectivity index (χ1) is 17.8. The van der Waals surface area contributed by atoms with Crippen molar-refractivity contribution in [3.8, 4) is 11.5 Å². The Morgan fingerprint density at radius 2 is 1.76 bits per heavy atom. The summed E-state index contributed by atoms with van der Waals surface area (Å²) in [5.41, 5.74) is 7.59. The number of aliphatic hydroxyl groups excluding tert-OH is 1. The third-order valence-electron chi connectivity index (χ3n) is 7.10. The Hall–Kier alpha value is -4.09. The maximum absolute atomic E-state index is 9.20. The maximum atomic E-state index is 9.20. The van der Waals surface area contributed by atoms with Gasteiger partial charge in [-0.15, -0.1) is 0 Å². The topological polar surface area (TPSA) is 44.9 Å². The smallest absolute Gasteiger partial charge is 0.209 e. The van der Waals surface area contributed by atoms with E-state index in [-0.39, 0.29) is 12.2 Å². The zero-order chi connectivity index (χ0) is 26.2. The molecule has 1 N–H and O–H groups in total. The molecule has 3 aromatic rings. The van der Waals surface area contributed by atoms with Gasteiger partial charge in [0, 0.05) is 43.1 Å². The van der Waals surface area contributed by atoms with Crippen molar-refractivity contribution in [3.05, 3.63) is 107 Å². The second-order valence-corrected chi connectivity index (χ2v) is 10.1. The Balaban J connectivity index is 1.51. The number of ether oxygens (including phenoxy) is 2. The lowest BCUT2D eigenvalue weighted by atomic mass is 9.81. The maximum Gasteiger partial charge on any atom is 0.209 e. The molecule has 2 aliphatic heterocycles. The molecule has 2 heterocycles. The summed E-state index contributed by atoms with van der Waals surface area (Å²) in [5, 5.41) is 9.20. The molecule has 0 saturated carbocycles. The van der Waals surface area contributed by atoms with E-state index in [4.69, 9.17) is 9.47 Å². The average molecular weight is 494 g/mol. The average Bonchev–Trinajstić information content (AvgIpc) is 3.08. The molecule has 5 rings (SSSR count). The number of benzene rings is 3. The number of fused-ring (bicyclic) bond motifs is 2. The second kappa shape index (κ2) is 9.75. The first-order valence-electron chi connectivity index (χ1n) is 12.4. The van der Waals surface area contributed by atoms with Gasteiger partial charge in [0.25, 0.3) is 0 Å².